The molecule has 0 radical (unpaired) electrons. The van der Waals surface area contributed by atoms with Gasteiger partial charge in [0.2, 0.25) is 0 Å². The highest BCUT2D eigenvalue weighted by Crippen LogP contribution is 2.18. The molecule has 0 saturated carbocycles. The van der Waals surface area contributed by atoms with Crippen molar-refractivity contribution in [1.29, 1.82) is 0 Å². The van der Waals surface area contributed by atoms with Gasteiger partial charge >= 0.3 is 0 Å². The molecule has 5 heteroatoms. The van der Waals surface area contributed by atoms with E-state index < -0.39 is 0 Å². The number of unbranched alkanes of at least 4 members (excludes halogenated alkanes) is 1. The summed E-state index contributed by atoms with van der Waals surface area (Å²) in [5.41, 5.74) is 2.70. The Hall–Kier alpha value is -2.69. The average Bonchev–Trinajstić information content (AvgIpc) is 2.97. The fraction of sp³-hybridized carbons (Fsp3) is 0.316. The molecule has 5 nitrogen and oxygen atoms in total. The van der Waals surface area contributed by atoms with Crippen LogP contribution in [0.1, 0.15) is 35.9 Å². The lowest BCUT2D eigenvalue weighted by Crippen LogP contribution is -2.27. The molecule has 0 saturated heterocycles. The van der Waals surface area contributed by atoms with Gasteiger partial charge in [0.25, 0.3) is 5.91 Å². The Balaban J connectivity index is 1.87. The van der Waals surface area contributed by atoms with Gasteiger partial charge in [0.1, 0.15) is 5.82 Å². The molecule has 1 amide bonds. The third-order valence-electron chi connectivity index (χ3n) is 4.10. The average molecular weight is 322 g/mol. The summed E-state index contributed by atoms with van der Waals surface area (Å²) in [5, 5.41) is 0. The number of para-hydroxylation sites is 2. The molecule has 0 atom stereocenters. The van der Waals surface area contributed by atoms with Gasteiger partial charge in [-0.2, -0.15) is 0 Å². The molecule has 0 bridgehead atoms. The molecule has 0 unspecified atom stereocenters. The molecule has 3 rings (SSSR count). The minimum absolute atomic E-state index is 0.0443. The van der Waals surface area contributed by atoms with E-state index in [1.807, 2.05) is 18.2 Å². The van der Waals surface area contributed by atoms with E-state index in [1.165, 1.54) is 0 Å². The lowest BCUT2D eigenvalue weighted by molar-refractivity contribution is 0.0780. The van der Waals surface area contributed by atoms with Crippen LogP contribution >= 0.6 is 0 Å². The maximum atomic E-state index is 12.5. The third kappa shape index (κ3) is 3.30. The summed E-state index contributed by atoms with van der Waals surface area (Å²) >= 11 is 0. The first-order valence-corrected chi connectivity index (χ1v) is 8.30. The number of fused-ring (bicyclic) bond motifs is 1. The smallest absolute Gasteiger partial charge is 0.255 e. The van der Waals surface area contributed by atoms with Crippen molar-refractivity contribution in [2.45, 2.75) is 32.9 Å². The molecule has 3 aromatic rings. The molecule has 0 fully saturated rings. The van der Waals surface area contributed by atoms with Crippen molar-refractivity contribution in [3.05, 3.63) is 60.2 Å². The van der Waals surface area contributed by atoms with E-state index in [9.17, 15) is 4.79 Å². The minimum atomic E-state index is -0.0443. The summed E-state index contributed by atoms with van der Waals surface area (Å²) in [5.74, 6) is 0.876. The van der Waals surface area contributed by atoms with Crippen molar-refractivity contribution < 1.29 is 4.79 Å². The van der Waals surface area contributed by atoms with E-state index in [0.29, 0.717) is 12.1 Å². The summed E-state index contributed by atoms with van der Waals surface area (Å²) in [4.78, 5) is 23.0. The fourth-order valence-corrected chi connectivity index (χ4v) is 2.81. The summed E-state index contributed by atoms with van der Waals surface area (Å²) < 4.78 is 2.23. The molecule has 1 aromatic carbocycles. The van der Waals surface area contributed by atoms with Crippen LogP contribution in [0.4, 0.5) is 0 Å². The highest BCUT2D eigenvalue weighted by molar-refractivity contribution is 5.93. The molecule has 24 heavy (non-hydrogen) atoms. The zero-order valence-corrected chi connectivity index (χ0v) is 14.1. The molecule has 0 aliphatic rings. The summed E-state index contributed by atoms with van der Waals surface area (Å²) in [6, 6.07) is 11.7. The van der Waals surface area contributed by atoms with Crippen molar-refractivity contribution in [1.82, 2.24) is 19.4 Å². The number of rotatable bonds is 6. The SMILES string of the molecule is CCCCn1c(CN(C)C(=O)c2cccnc2)nc2ccccc21. The number of hydrogen-bond donors (Lipinski definition) is 0. The van der Waals surface area contributed by atoms with Crippen molar-refractivity contribution in [2.75, 3.05) is 7.05 Å². The monoisotopic (exact) mass is 322 g/mol. The van der Waals surface area contributed by atoms with Gasteiger partial charge in [-0.3, -0.25) is 9.78 Å². The van der Waals surface area contributed by atoms with E-state index in [-0.39, 0.29) is 5.91 Å². The first-order valence-electron chi connectivity index (χ1n) is 8.30. The maximum Gasteiger partial charge on any atom is 0.255 e. The Bertz CT molecular complexity index is 826. The van der Waals surface area contributed by atoms with Crippen LogP contribution in [0, 0.1) is 0 Å². The van der Waals surface area contributed by atoms with Crippen molar-refractivity contribution >= 4 is 16.9 Å². The predicted octanol–water partition coefficient (Wildman–Crippen LogP) is 3.50. The number of nitrogens with zero attached hydrogens (tertiary/aromatic N) is 4. The molecule has 2 aromatic heterocycles. The third-order valence-corrected chi connectivity index (χ3v) is 4.10. The zero-order chi connectivity index (χ0) is 16.9. The van der Waals surface area contributed by atoms with Gasteiger partial charge in [0, 0.05) is 26.0 Å². The Labute approximate surface area is 142 Å². The standard InChI is InChI=1S/C19H22N4O/c1-3-4-12-23-17-10-6-5-9-16(17)21-18(23)14-22(2)19(24)15-8-7-11-20-13-15/h5-11,13H,3-4,12,14H2,1-2H3. The van der Waals surface area contributed by atoms with Crippen LogP contribution in [0.25, 0.3) is 11.0 Å². The first-order chi connectivity index (χ1) is 11.7. The van der Waals surface area contributed by atoms with Crippen molar-refractivity contribution in [3.8, 4) is 0 Å². The maximum absolute atomic E-state index is 12.5. The quantitative estimate of drug-likeness (QED) is 0.698. The minimum Gasteiger partial charge on any atom is -0.334 e. The van der Waals surface area contributed by atoms with Crippen molar-refractivity contribution in [2.24, 2.45) is 0 Å². The number of aryl methyl sites for hydroxylation is 1. The van der Waals surface area contributed by atoms with Gasteiger partial charge in [0.15, 0.2) is 0 Å². The Morgan fingerprint density at radius 3 is 2.79 bits per heavy atom. The van der Waals surface area contributed by atoms with E-state index in [0.717, 1.165) is 36.2 Å². The van der Waals surface area contributed by atoms with Crippen LogP contribution in [0.3, 0.4) is 0 Å². The lowest BCUT2D eigenvalue weighted by Gasteiger charge is -2.18. The Morgan fingerprint density at radius 2 is 2.04 bits per heavy atom. The second kappa shape index (κ2) is 7.25. The molecule has 0 aliphatic heterocycles. The summed E-state index contributed by atoms with van der Waals surface area (Å²) in [6.07, 6.45) is 5.48. The van der Waals surface area contributed by atoms with E-state index in [1.54, 1.807) is 36.5 Å². The molecule has 0 spiro atoms. The van der Waals surface area contributed by atoms with Crippen LogP contribution in [-0.4, -0.2) is 32.4 Å². The number of carbonyl (C=O) groups excluding carboxylic acids is 1. The molecule has 2 heterocycles. The van der Waals surface area contributed by atoms with Gasteiger partial charge in [-0.15, -0.1) is 0 Å². The number of benzene rings is 1. The van der Waals surface area contributed by atoms with Crippen molar-refractivity contribution in [3.63, 3.8) is 0 Å². The first kappa shape index (κ1) is 16.2. The number of carbonyl (C=O) groups is 1. The van der Waals surface area contributed by atoms with Crippen LogP contribution in [-0.2, 0) is 13.1 Å². The van der Waals surface area contributed by atoms with Gasteiger partial charge in [-0.1, -0.05) is 25.5 Å². The Kier molecular flexibility index (Phi) is 4.89. The van der Waals surface area contributed by atoms with E-state index in [2.05, 4.69) is 22.5 Å². The summed E-state index contributed by atoms with van der Waals surface area (Å²) in [6.45, 7) is 3.57. The second-order valence-corrected chi connectivity index (χ2v) is 5.92. The van der Waals surface area contributed by atoms with Crippen LogP contribution in [0.15, 0.2) is 48.8 Å². The number of aromatic nitrogens is 3. The molecule has 0 N–H and O–H groups in total. The number of pyridine rings is 1. The molecular weight excluding hydrogens is 300 g/mol. The lowest BCUT2D eigenvalue weighted by atomic mass is 10.2. The number of hydrogen-bond acceptors (Lipinski definition) is 3. The Morgan fingerprint density at radius 1 is 1.21 bits per heavy atom. The topological polar surface area (TPSA) is 51.0 Å². The van der Waals surface area contributed by atoms with Gasteiger partial charge in [0.05, 0.1) is 23.1 Å². The largest absolute Gasteiger partial charge is 0.334 e. The van der Waals surface area contributed by atoms with Crippen LogP contribution in [0.2, 0.25) is 0 Å². The van der Waals surface area contributed by atoms with Crippen LogP contribution < -0.4 is 0 Å². The number of imidazole rings is 1. The normalized spacial score (nSPS) is 10.9. The zero-order valence-electron chi connectivity index (χ0n) is 14.1. The van der Waals surface area contributed by atoms with E-state index in [4.69, 9.17) is 4.98 Å². The fourth-order valence-electron chi connectivity index (χ4n) is 2.81. The molecule has 124 valence electrons. The summed E-state index contributed by atoms with van der Waals surface area (Å²) in [7, 11) is 1.80. The molecule has 0 aliphatic carbocycles. The predicted molar refractivity (Wildman–Crippen MR) is 94.7 cm³/mol. The molecular formula is C19H22N4O. The van der Waals surface area contributed by atoms with Gasteiger partial charge in [-0.05, 0) is 30.7 Å². The second-order valence-electron chi connectivity index (χ2n) is 5.92. The van der Waals surface area contributed by atoms with Gasteiger partial charge < -0.3 is 9.47 Å². The number of amides is 1. The van der Waals surface area contributed by atoms with Crippen LogP contribution in [0.5, 0.6) is 0 Å². The van der Waals surface area contributed by atoms with Gasteiger partial charge in [-0.25, -0.2) is 4.98 Å². The van der Waals surface area contributed by atoms with E-state index >= 15 is 0 Å². The highest BCUT2D eigenvalue weighted by Gasteiger charge is 2.16. The highest BCUT2D eigenvalue weighted by atomic mass is 16.2.